The van der Waals surface area contributed by atoms with Crippen LogP contribution in [0.2, 0.25) is 0 Å². The van der Waals surface area contributed by atoms with E-state index in [1.54, 1.807) is 0 Å². The number of rotatable bonds is 10. The Bertz CT molecular complexity index is 188. The zero-order chi connectivity index (χ0) is 14.2. The third-order valence-electron chi connectivity index (χ3n) is 1.61. The molecule has 0 radical (unpaired) electrons. The summed E-state index contributed by atoms with van der Waals surface area (Å²) in [6.07, 6.45) is 0.102. The first-order valence-corrected chi connectivity index (χ1v) is 5.73. The SMILES string of the molecule is CC(=O)CCC(=O)O.CCOCCOCCON. The van der Waals surface area contributed by atoms with Crippen molar-refractivity contribution in [1.29, 1.82) is 0 Å². The van der Waals surface area contributed by atoms with E-state index >= 15 is 0 Å². The predicted molar refractivity (Wildman–Crippen MR) is 65.0 cm³/mol. The molecule has 18 heavy (non-hydrogen) atoms. The van der Waals surface area contributed by atoms with Gasteiger partial charge in [0, 0.05) is 13.0 Å². The van der Waals surface area contributed by atoms with Crippen molar-refractivity contribution >= 4 is 11.8 Å². The van der Waals surface area contributed by atoms with Crippen LogP contribution >= 0.6 is 0 Å². The van der Waals surface area contributed by atoms with Crippen LogP contribution in [0.1, 0.15) is 26.7 Å². The molecule has 0 aromatic carbocycles. The minimum atomic E-state index is -0.916. The van der Waals surface area contributed by atoms with Crippen molar-refractivity contribution in [2.75, 3.05) is 33.0 Å². The van der Waals surface area contributed by atoms with Gasteiger partial charge in [0.1, 0.15) is 5.78 Å². The van der Waals surface area contributed by atoms with Gasteiger partial charge in [-0.05, 0) is 13.8 Å². The molecule has 0 fully saturated rings. The molecule has 108 valence electrons. The van der Waals surface area contributed by atoms with Crippen LogP contribution in [-0.4, -0.2) is 49.9 Å². The van der Waals surface area contributed by atoms with E-state index < -0.39 is 5.97 Å². The highest BCUT2D eigenvalue weighted by molar-refractivity contribution is 5.80. The van der Waals surface area contributed by atoms with Crippen LogP contribution in [0.25, 0.3) is 0 Å². The van der Waals surface area contributed by atoms with Crippen LogP contribution in [0.15, 0.2) is 0 Å². The van der Waals surface area contributed by atoms with Crippen molar-refractivity contribution in [2.24, 2.45) is 5.90 Å². The van der Waals surface area contributed by atoms with E-state index in [1.807, 2.05) is 6.92 Å². The molecule has 0 saturated carbocycles. The normalized spacial score (nSPS) is 9.50. The average Bonchev–Trinajstić information content (AvgIpc) is 2.32. The average molecular weight is 265 g/mol. The first-order valence-electron chi connectivity index (χ1n) is 5.73. The van der Waals surface area contributed by atoms with Crippen molar-refractivity contribution in [2.45, 2.75) is 26.7 Å². The van der Waals surface area contributed by atoms with Gasteiger partial charge in [-0.25, -0.2) is 5.90 Å². The van der Waals surface area contributed by atoms with Gasteiger partial charge in [0.05, 0.1) is 32.8 Å². The minimum absolute atomic E-state index is 0.0463. The summed E-state index contributed by atoms with van der Waals surface area (Å²) in [5.41, 5.74) is 0. The van der Waals surface area contributed by atoms with E-state index in [2.05, 4.69) is 4.84 Å². The molecule has 3 N–H and O–H groups in total. The maximum Gasteiger partial charge on any atom is 0.303 e. The smallest absolute Gasteiger partial charge is 0.303 e. The number of hydrogen-bond donors (Lipinski definition) is 2. The summed E-state index contributed by atoms with van der Waals surface area (Å²) < 4.78 is 10.1. The van der Waals surface area contributed by atoms with Gasteiger partial charge in [-0.15, -0.1) is 0 Å². The molecule has 0 rings (SSSR count). The third-order valence-corrected chi connectivity index (χ3v) is 1.61. The second-order valence-corrected chi connectivity index (χ2v) is 3.28. The Kier molecular flexibility index (Phi) is 17.2. The topological polar surface area (TPSA) is 108 Å². The van der Waals surface area contributed by atoms with E-state index in [-0.39, 0.29) is 18.6 Å². The number of aliphatic carboxylic acids is 1. The largest absolute Gasteiger partial charge is 0.481 e. The highest BCUT2D eigenvalue weighted by Crippen LogP contribution is 1.87. The summed E-state index contributed by atoms with van der Waals surface area (Å²) in [4.78, 5) is 24.1. The molecule has 0 unspecified atom stereocenters. The fraction of sp³-hybridized carbons (Fsp3) is 0.818. The van der Waals surface area contributed by atoms with E-state index in [0.717, 1.165) is 6.61 Å². The zero-order valence-corrected chi connectivity index (χ0v) is 11.0. The number of hydrogen-bond acceptors (Lipinski definition) is 6. The Hall–Kier alpha value is -1.02. The standard InChI is InChI=1S/C6H15NO3.C5H8O3/c1-2-8-3-4-9-5-6-10-7;1-4(6)2-3-5(7)8/h2-7H2,1H3;2-3H2,1H3,(H,7,8). The van der Waals surface area contributed by atoms with Gasteiger partial charge in [0.2, 0.25) is 0 Å². The van der Waals surface area contributed by atoms with E-state index in [0.29, 0.717) is 26.4 Å². The molecule has 7 heteroatoms. The summed E-state index contributed by atoms with van der Waals surface area (Å²) >= 11 is 0. The number of ether oxygens (including phenoxy) is 2. The molecule has 7 nitrogen and oxygen atoms in total. The number of ketones is 1. The lowest BCUT2D eigenvalue weighted by atomic mass is 10.2. The van der Waals surface area contributed by atoms with Gasteiger partial charge in [-0.1, -0.05) is 0 Å². The number of carboxylic acid groups (broad SMARTS) is 1. The highest BCUT2D eigenvalue weighted by atomic mass is 16.6. The first kappa shape index (κ1) is 19.3. The molecule has 0 saturated heterocycles. The second kappa shape index (κ2) is 16.0. The number of nitrogens with two attached hydrogens (primary N) is 1. The van der Waals surface area contributed by atoms with E-state index in [9.17, 15) is 9.59 Å². The fourth-order valence-electron chi connectivity index (χ4n) is 0.754. The van der Waals surface area contributed by atoms with Crippen LogP contribution in [-0.2, 0) is 23.9 Å². The summed E-state index contributed by atoms with van der Waals surface area (Å²) in [6.45, 7) is 6.27. The zero-order valence-electron chi connectivity index (χ0n) is 11.0. The van der Waals surface area contributed by atoms with Crippen molar-refractivity contribution in [3.63, 3.8) is 0 Å². The Morgan fingerprint density at radius 3 is 2.00 bits per heavy atom. The maximum atomic E-state index is 10.1. The van der Waals surface area contributed by atoms with E-state index in [4.69, 9.17) is 20.5 Å². The Morgan fingerprint density at radius 1 is 1.06 bits per heavy atom. The molecule has 0 aliphatic heterocycles. The molecule has 0 atom stereocenters. The summed E-state index contributed by atoms with van der Waals surface area (Å²) in [6, 6.07) is 0. The molecule has 0 spiro atoms. The van der Waals surface area contributed by atoms with Crippen LogP contribution in [0, 0.1) is 0 Å². The van der Waals surface area contributed by atoms with Gasteiger partial charge in [0.15, 0.2) is 0 Å². The predicted octanol–water partition coefficient (Wildman–Crippen LogP) is 0.370. The van der Waals surface area contributed by atoms with Crippen molar-refractivity contribution in [1.82, 2.24) is 0 Å². The van der Waals surface area contributed by atoms with Crippen LogP contribution in [0.3, 0.4) is 0 Å². The van der Waals surface area contributed by atoms with Crippen molar-refractivity contribution in [3.8, 4) is 0 Å². The third kappa shape index (κ3) is 24.3. The Labute approximate surface area is 107 Å². The highest BCUT2D eigenvalue weighted by Gasteiger charge is 1.97. The summed E-state index contributed by atoms with van der Waals surface area (Å²) in [5.74, 6) is 3.77. The molecule has 0 bridgehead atoms. The molecular formula is C11H23NO6. The number of Topliss-reactive ketones (excluding diaryl/α,β-unsaturated/α-hetero) is 1. The molecule has 0 amide bonds. The second-order valence-electron chi connectivity index (χ2n) is 3.28. The van der Waals surface area contributed by atoms with Crippen molar-refractivity contribution < 1.29 is 29.0 Å². The van der Waals surface area contributed by atoms with E-state index in [1.165, 1.54) is 6.92 Å². The summed E-state index contributed by atoms with van der Waals surface area (Å²) in [5, 5.41) is 8.01. The minimum Gasteiger partial charge on any atom is -0.481 e. The molecule has 0 aromatic heterocycles. The maximum absolute atomic E-state index is 10.1. The van der Waals surface area contributed by atoms with Crippen LogP contribution in [0.4, 0.5) is 0 Å². The fourth-order valence-corrected chi connectivity index (χ4v) is 0.754. The van der Waals surface area contributed by atoms with Crippen molar-refractivity contribution in [3.05, 3.63) is 0 Å². The monoisotopic (exact) mass is 265 g/mol. The number of carbonyl (C=O) groups excluding carboxylic acids is 1. The van der Waals surface area contributed by atoms with Crippen LogP contribution in [0.5, 0.6) is 0 Å². The van der Waals surface area contributed by atoms with Gasteiger partial charge < -0.3 is 24.2 Å². The van der Waals surface area contributed by atoms with Gasteiger partial charge in [-0.2, -0.15) is 0 Å². The lowest BCUT2D eigenvalue weighted by Gasteiger charge is -2.02. The molecule has 0 aliphatic carbocycles. The van der Waals surface area contributed by atoms with Gasteiger partial charge in [0.25, 0.3) is 0 Å². The Balaban J connectivity index is 0. The van der Waals surface area contributed by atoms with Crippen LogP contribution < -0.4 is 5.90 Å². The first-order chi connectivity index (χ1) is 8.54. The number of carbonyl (C=O) groups is 2. The lowest BCUT2D eigenvalue weighted by molar-refractivity contribution is -0.138. The quantitative estimate of drug-likeness (QED) is 0.434. The molecule has 0 heterocycles. The molecular weight excluding hydrogens is 242 g/mol. The lowest BCUT2D eigenvalue weighted by Crippen LogP contribution is -2.11. The van der Waals surface area contributed by atoms with Gasteiger partial charge >= 0.3 is 5.97 Å². The molecule has 0 aliphatic rings. The molecule has 0 aromatic rings. The van der Waals surface area contributed by atoms with Gasteiger partial charge in [-0.3, -0.25) is 4.79 Å². The number of carboxylic acids is 1. The Morgan fingerprint density at radius 2 is 1.61 bits per heavy atom. The summed E-state index contributed by atoms with van der Waals surface area (Å²) in [7, 11) is 0.